The van der Waals surface area contributed by atoms with Gasteiger partial charge in [0.15, 0.2) is 0 Å². The molecule has 1 aromatic rings. The normalized spacial score (nSPS) is 22.5. The summed E-state index contributed by atoms with van der Waals surface area (Å²) >= 11 is 0. The quantitative estimate of drug-likeness (QED) is 0.252. The van der Waals surface area contributed by atoms with Crippen LogP contribution in [0.2, 0.25) is 0 Å². The second kappa shape index (κ2) is 9.82. The number of rotatable bonds is 7. The van der Waals surface area contributed by atoms with Crippen LogP contribution in [0, 0.1) is 0 Å². The molecule has 0 spiro atoms. The Morgan fingerprint density at radius 3 is 2.39 bits per heavy atom. The monoisotopic (exact) mass is 483 g/mol. The molecular formula is C19H25N5O8S. The molecule has 2 aliphatic heterocycles. The molecule has 14 heteroatoms. The van der Waals surface area contributed by atoms with Gasteiger partial charge in [-0.3, -0.25) is 23.8 Å². The summed E-state index contributed by atoms with van der Waals surface area (Å²) < 4.78 is 31.7. The lowest BCUT2D eigenvalue weighted by molar-refractivity contribution is -0.153. The van der Waals surface area contributed by atoms with Crippen LogP contribution in [-0.2, 0) is 31.1 Å². The van der Waals surface area contributed by atoms with Gasteiger partial charge in [-0.2, -0.15) is 8.42 Å². The van der Waals surface area contributed by atoms with Crippen LogP contribution in [-0.4, -0.2) is 100 Å². The topological polar surface area (TPSA) is 177 Å². The number of urea groups is 1. The molecular weight excluding hydrogens is 458 g/mol. The zero-order valence-corrected chi connectivity index (χ0v) is 18.6. The summed E-state index contributed by atoms with van der Waals surface area (Å²) in [4.78, 5) is 52.1. The standard InChI is InChI=1S/C19H25N5O8S/c1-2-22-8-9-23(18(28)17(22)27)19(29)21-13(10-12-6-4-3-5-7-12)15(25)20-14-11-24(16(14)26)33(30,31)32/h3-7,13-14,16,26H,2,8-11H2,1H3,(H,20,25)(H,21,29)(H,30,31,32)/t13-,14?,16?/m1/s1. The molecule has 4 N–H and O–H groups in total. The number of benzene rings is 1. The number of aliphatic hydroxyl groups excluding tert-OH is 1. The maximum Gasteiger partial charge on any atom is 0.338 e. The lowest BCUT2D eigenvalue weighted by Gasteiger charge is -2.42. The zero-order chi connectivity index (χ0) is 24.3. The van der Waals surface area contributed by atoms with Gasteiger partial charge in [-0.05, 0) is 12.5 Å². The fourth-order valence-electron chi connectivity index (χ4n) is 3.55. The van der Waals surface area contributed by atoms with Crippen molar-refractivity contribution in [1.29, 1.82) is 0 Å². The van der Waals surface area contributed by atoms with E-state index >= 15 is 0 Å². The summed E-state index contributed by atoms with van der Waals surface area (Å²) in [6, 6.07) is 5.55. The SMILES string of the molecule is CCN1CCN(C(=O)N[C@H](Cc2ccccc2)C(=O)NC2CN(S(=O)(=O)O)C2O)C(=O)C1=O. The van der Waals surface area contributed by atoms with E-state index in [-0.39, 0.29) is 26.1 Å². The Labute approximate surface area is 190 Å². The Kier molecular flexibility index (Phi) is 7.31. The van der Waals surface area contributed by atoms with E-state index in [9.17, 15) is 32.7 Å². The van der Waals surface area contributed by atoms with Crippen LogP contribution in [0.4, 0.5) is 4.79 Å². The van der Waals surface area contributed by atoms with Crippen molar-refractivity contribution in [2.45, 2.75) is 31.7 Å². The van der Waals surface area contributed by atoms with Crippen molar-refractivity contribution >= 4 is 34.1 Å². The molecule has 3 atom stereocenters. The van der Waals surface area contributed by atoms with Gasteiger partial charge < -0.3 is 20.6 Å². The van der Waals surface area contributed by atoms with Crippen molar-refractivity contribution in [3.63, 3.8) is 0 Å². The first-order chi connectivity index (χ1) is 15.5. The molecule has 2 heterocycles. The number of carbonyl (C=O) groups excluding carboxylic acids is 4. The van der Waals surface area contributed by atoms with Crippen LogP contribution < -0.4 is 10.6 Å². The van der Waals surface area contributed by atoms with E-state index in [4.69, 9.17) is 4.55 Å². The van der Waals surface area contributed by atoms with Gasteiger partial charge in [-0.1, -0.05) is 30.3 Å². The maximum atomic E-state index is 12.9. The number of hydrogen-bond acceptors (Lipinski definition) is 7. The number of carbonyl (C=O) groups is 4. The molecule has 3 rings (SSSR count). The number of likely N-dealkylation sites (N-methyl/N-ethyl adjacent to an activating group) is 1. The van der Waals surface area contributed by atoms with Gasteiger partial charge in [0.1, 0.15) is 12.3 Å². The third kappa shape index (κ3) is 5.47. The van der Waals surface area contributed by atoms with E-state index in [1.165, 1.54) is 4.90 Å². The predicted molar refractivity (Wildman–Crippen MR) is 113 cm³/mol. The summed E-state index contributed by atoms with van der Waals surface area (Å²) in [7, 11) is -4.62. The number of aliphatic hydroxyl groups is 1. The van der Waals surface area contributed by atoms with Gasteiger partial charge in [0, 0.05) is 32.6 Å². The molecule has 0 radical (unpaired) electrons. The van der Waals surface area contributed by atoms with Crippen LogP contribution >= 0.6 is 0 Å². The Bertz CT molecular complexity index is 1030. The highest BCUT2D eigenvalue weighted by atomic mass is 32.2. The lowest BCUT2D eigenvalue weighted by Crippen LogP contribution is -2.69. The van der Waals surface area contributed by atoms with Crippen molar-refractivity contribution in [2.75, 3.05) is 26.2 Å². The van der Waals surface area contributed by atoms with Crippen LogP contribution in [0.5, 0.6) is 0 Å². The summed E-state index contributed by atoms with van der Waals surface area (Å²) in [5.74, 6) is -2.55. The Morgan fingerprint density at radius 2 is 1.82 bits per heavy atom. The van der Waals surface area contributed by atoms with E-state index in [0.717, 1.165) is 4.90 Å². The van der Waals surface area contributed by atoms with E-state index in [2.05, 4.69) is 10.6 Å². The number of nitrogens with one attached hydrogen (secondary N) is 2. The molecule has 2 aliphatic rings. The third-order valence-electron chi connectivity index (χ3n) is 5.49. The molecule has 1 aromatic carbocycles. The Balaban J connectivity index is 1.71. The van der Waals surface area contributed by atoms with Gasteiger partial charge >= 0.3 is 28.1 Å². The lowest BCUT2D eigenvalue weighted by atomic mass is 10.0. The Morgan fingerprint density at radius 1 is 1.15 bits per heavy atom. The molecule has 2 fully saturated rings. The highest BCUT2D eigenvalue weighted by Crippen LogP contribution is 2.19. The fourth-order valence-corrected chi connectivity index (χ4v) is 4.32. The highest BCUT2D eigenvalue weighted by Gasteiger charge is 2.46. The van der Waals surface area contributed by atoms with Crippen molar-refractivity contribution in [3.8, 4) is 0 Å². The molecule has 0 aromatic heterocycles. The second-order valence-electron chi connectivity index (χ2n) is 7.61. The van der Waals surface area contributed by atoms with Crippen LogP contribution in [0.15, 0.2) is 30.3 Å². The first-order valence-corrected chi connectivity index (χ1v) is 11.6. The smallest absolute Gasteiger partial charge is 0.338 e. The summed E-state index contributed by atoms with van der Waals surface area (Å²) in [6.07, 6.45) is -1.64. The highest BCUT2D eigenvalue weighted by molar-refractivity contribution is 7.83. The second-order valence-corrected chi connectivity index (χ2v) is 8.97. The van der Waals surface area contributed by atoms with Gasteiger partial charge in [0.2, 0.25) is 5.91 Å². The average molecular weight is 484 g/mol. The maximum absolute atomic E-state index is 12.9. The first-order valence-electron chi connectivity index (χ1n) is 10.2. The molecule has 2 unspecified atom stereocenters. The van der Waals surface area contributed by atoms with E-state index in [1.807, 2.05) is 0 Å². The molecule has 0 bridgehead atoms. The number of amides is 5. The van der Waals surface area contributed by atoms with Crippen molar-refractivity contribution in [3.05, 3.63) is 35.9 Å². The number of imide groups is 1. The van der Waals surface area contributed by atoms with E-state index < -0.39 is 52.4 Å². The van der Waals surface area contributed by atoms with E-state index in [0.29, 0.717) is 16.4 Å². The fraction of sp³-hybridized carbons (Fsp3) is 0.474. The minimum absolute atomic E-state index is 0.0281. The first kappa shape index (κ1) is 24.6. The van der Waals surface area contributed by atoms with Crippen molar-refractivity contribution in [2.24, 2.45) is 0 Å². The van der Waals surface area contributed by atoms with Crippen LogP contribution in [0.1, 0.15) is 12.5 Å². The molecule has 0 aliphatic carbocycles. The average Bonchev–Trinajstić information content (AvgIpc) is 2.76. The largest absolute Gasteiger partial charge is 0.375 e. The third-order valence-corrected chi connectivity index (χ3v) is 6.45. The summed E-state index contributed by atoms with van der Waals surface area (Å²) in [6.45, 7) is 1.81. The van der Waals surface area contributed by atoms with Crippen molar-refractivity contribution in [1.82, 2.24) is 24.7 Å². The molecule has 0 saturated carbocycles. The number of hydrogen-bond donors (Lipinski definition) is 4. The minimum Gasteiger partial charge on any atom is -0.375 e. The van der Waals surface area contributed by atoms with Gasteiger partial charge in [0.25, 0.3) is 0 Å². The van der Waals surface area contributed by atoms with Crippen LogP contribution in [0.25, 0.3) is 0 Å². The number of nitrogens with zero attached hydrogens (tertiary/aromatic N) is 3. The zero-order valence-electron chi connectivity index (χ0n) is 17.7. The van der Waals surface area contributed by atoms with Gasteiger partial charge in [-0.25, -0.2) is 4.79 Å². The molecule has 180 valence electrons. The van der Waals surface area contributed by atoms with Crippen LogP contribution in [0.3, 0.4) is 0 Å². The van der Waals surface area contributed by atoms with E-state index in [1.54, 1.807) is 37.3 Å². The van der Waals surface area contributed by atoms with Crippen molar-refractivity contribution < 1.29 is 37.3 Å². The molecule has 13 nitrogen and oxygen atoms in total. The molecule has 33 heavy (non-hydrogen) atoms. The molecule has 2 saturated heterocycles. The van der Waals surface area contributed by atoms with Gasteiger partial charge in [-0.15, -0.1) is 4.31 Å². The Hall–Kier alpha value is -3.07. The van der Waals surface area contributed by atoms with Gasteiger partial charge in [0.05, 0.1) is 6.04 Å². The summed E-state index contributed by atoms with van der Waals surface area (Å²) in [5, 5.41) is 14.8. The predicted octanol–water partition coefficient (Wildman–Crippen LogP) is -2.08. The molecule has 5 amide bonds. The minimum atomic E-state index is -4.62. The summed E-state index contributed by atoms with van der Waals surface area (Å²) in [5.41, 5.74) is 0.685. The number of piperazine rings is 1.